The molecular formula is C8H8ClF2NO3S. The maximum Gasteiger partial charge on any atom is 0.282 e. The molecule has 8 heteroatoms. The molecule has 0 saturated carbocycles. The van der Waals surface area contributed by atoms with Gasteiger partial charge in [-0.05, 0) is 13.0 Å². The Kier molecular flexibility index (Phi) is 3.69. The Bertz CT molecular complexity index is 504. The van der Waals surface area contributed by atoms with Crippen molar-refractivity contribution in [1.82, 2.24) is 4.98 Å². The van der Waals surface area contributed by atoms with Crippen molar-refractivity contribution in [2.45, 2.75) is 18.4 Å². The van der Waals surface area contributed by atoms with Gasteiger partial charge in [-0.3, -0.25) is 0 Å². The molecule has 0 radical (unpaired) electrons. The number of nitrogens with zero attached hydrogens (tertiary/aromatic N) is 1. The predicted molar refractivity (Wildman–Crippen MR) is 53.5 cm³/mol. The molecule has 0 saturated heterocycles. The van der Waals surface area contributed by atoms with Gasteiger partial charge in [0.05, 0.1) is 7.11 Å². The summed E-state index contributed by atoms with van der Waals surface area (Å²) in [5, 5.41) is -0.557. The highest BCUT2D eigenvalue weighted by Crippen LogP contribution is 2.31. The second-order valence-electron chi connectivity index (χ2n) is 2.91. The average molecular weight is 272 g/mol. The summed E-state index contributed by atoms with van der Waals surface area (Å²) in [7, 11) is 2.12. The van der Waals surface area contributed by atoms with E-state index in [2.05, 4.69) is 9.72 Å². The van der Waals surface area contributed by atoms with E-state index in [0.29, 0.717) is 0 Å². The molecule has 0 atom stereocenters. The van der Waals surface area contributed by atoms with Crippen molar-refractivity contribution in [2.75, 3.05) is 7.11 Å². The summed E-state index contributed by atoms with van der Waals surface area (Å²) in [6.45, 7) is 1.27. The summed E-state index contributed by atoms with van der Waals surface area (Å²) in [5.74, 6) is -0.295. The molecule has 0 aliphatic carbocycles. The van der Waals surface area contributed by atoms with Crippen LogP contribution in [0.25, 0.3) is 0 Å². The van der Waals surface area contributed by atoms with Crippen molar-refractivity contribution in [3.63, 3.8) is 0 Å². The number of hydrogen-bond donors (Lipinski definition) is 0. The number of rotatable bonds is 3. The van der Waals surface area contributed by atoms with Gasteiger partial charge in [-0.2, -0.15) is 0 Å². The molecule has 0 aromatic carbocycles. The van der Waals surface area contributed by atoms with E-state index in [1.807, 2.05) is 0 Å². The highest BCUT2D eigenvalue weighted by Gasteiger charge is 2.23. The van der Waals surface area contributed by atoms with Gasteiger partial charge in [0, 0.05) is 21.9 Å². The molecule has 4 nitrogen and oxygen atoms in total. The summed E-state index contributed by atoms with van der Waals surface area (Å²) in [5.41, 5.74) is -0.490. The van der Waals surface area contributed by atoms with Gasteiger partial charge in [0.1, 0.15) is 0 Å². The van der Waals surface area contributed by atoms with E-state index in [4.69, 9.17) is 10.7 Å². The number of methoxy groups -OCH3 is 1. The number of halogens is 3. The average Bonchev–Trinajstić information content (AvgIpc) is 2.15. The first-order valence-corrected chi connectivity index (χ1v) is 6.36. The van der Waals surface area contributed by atoms with Crippen LogP contribution >= 0.6 is 10.7 Å². The van der Waals surface area contributed by atoms with Crippen LogP contribution in [-0.2, 0) is 9.05 Å². The van der Waals surface area contributed by atoms with Gasteiger partial charge >= 0.3 is 0 Å². The van der Waals surface area contributed by atoms with Gasteiger partial charge in [0.15, 0.2) is 5.75 Å². The summed E-state index contributed by atoms with van der Waals surface area (Å²) >= 11 is 0. The van der Waals surface area contributed by atoms with Crippen LogP contribution in [0.2, 0.25) is 0 Å². The number of ether oxygens (including phenoxy) is 1. The Morgan fingerprint density at radius 3 is 2.44 bits per heavy atom. The number of hydrogen-bond acceptors (Lipinski definition) is 4. The van der Waals surface area contributed by atoms with Crippen LogP contribution in [0, 0.1) is 6.92 Å². The van der Waals surface area contributed by atoms with Crippen molar-refractivity contribution < 1.29 is 21.9 Å². The lowest BCUT2D eigenvalue weighted by molar-refractivity contribution is 0.149. The molecule has 0 amide bonds. The molecule has 0 N–H and O–H groups in total. The third-order valence-corrected chi connectivity index (χ3v) is 3.06. The molecule has 0 fully saturated rings. The standard InChI is InChI=1S/C8H8ClF2NO3S/c1-4-5(7(10)11)3-6(15-2)8(12-4)16(9,13)14/h3,7H,1-2H3. The zero-order valence-corrected chi connectivity index (χ0v) is 9.94. The molecule has 1 aromatic rings. The predicted octanol–water partition coefficient (Wildman–Crippen LogP) is 2.26. The van der Waals surface area contributed by atoms with Crippen LogP contribution in [0.5, 0.6) is 5.75 Å². The Morgan fingerprint density at radius 2 is 2.06 bits per heavy atom. The van der Waals surface area contributed by atoms with Gasteiger partial charge in [-0.25, -0.2) is 22.2 Å². The fraction of sp³-hybridized carbons (Fsp3) is 0.375. The lowest BCUT2D eigenvalue weighted by atomic mass is 10.2. The maximum absolute atomic E-state index is 12.5. The highest BCUT2D eigenvalue weighted by atomic mass is 35.7. The van der Waals surface area contributed by atoms with Crippen LogP contribution < -0.4 is 4.74 Å². The molecule has 16 heavy (non-hydrogen) atoms. The second-order valence-corrected chi connectivity index (χ2v) is 5.39. The van der Waals surface area contributed by atoms with Crippen LogP contribution in [0.1, 0.15) is 17.7 Å². The molecule has 90 valence electrons. The van der Waals surface area contributed by atoms with Crippen molar-refractivity contribution in [3.8, 4) is 5.75 Å². The number of alkyl halides is 2. The summed E-state index contributed by atoms with van der Waals surface area (Å²) < 4.78 is 51.8. The lowest BCUT2D eigenvalue weighted by Gasteiger charge is -2.09. The molecule has 1 rings (SSSR count). The van der Waals surface area contributed by atoms with E-state index in [1.54, 1.807) is 0 Å². The van der Waals surface area contributed by atoms with Crippen molar-refractivity contribution >= 4 is 19.7 Å². The van der Waals surface area contributed by atoms with Crippen LogP contribution in [0.15, 0.2) is 11.1 Å². The molecule has 1 heterocycles. The smallest absolute Gasteiger partial charge is 0.282 e. The molecule has 0 aliphatic heterocycles. The van der Waals surface area contributed by atoms with Gasteiger partial charge < -0.3 is 4.74 Å². The minimum atomic E-state index is -4.12. The summed E-state index contributed by atoms with van der Waals surface area (Å²) in [6.07, 6.45) is -2.76. The van der Waals surface area contributed by atoms with Crippen molar-refractivity contribution in [2.24, 2.45) is 0 Å². The topological polar surface area (TPSA) is 56.3 Å². The Balaban J connectivity index is 3.51. The van der Waals surface area contributed by atoms with Gasteiger partial charge in [0.25, 0.3) is 15.5 Å². The van der Waals surface area contributed by atoms with E-state index in [0.717, 1.165) is 13.2 Å². The number of pyridine rings is 1. The fourth-order valence-corrected chi connectivity index (χ4v) is 2.08. The third-order valence-electron chi connectivity index (χ3n) is 1.87. The fourth-order valence-electron chi connectivity index (χ4n) is 1.12. The summed E-state index contributed by atoms with van der Waals surface area (Å²) in [4.78, 5) is 3.51. The molecule has 0 bridgehead atoms. The number of aromatic nitrogens is 1. The van der Waals surface area contributed by atoms with Gasteiger partial charge in [-0.1, -0.05) is 0 Å². The maximum atomic E-state index is 12.5. The van der Waals surface area contributed by atoms with E-state index >= 15 is 0 Å². The van der Waals surface area contributed by atoms with E-state index in [9.17, 15) is 17.2 Å². The first kappa shape index (κ1) is 13.1. The van der Waals surface area contributed by atoms with Crippen LogP contribution in [0.4, 0.5) is 8.78 Å². The van der Waals surface area contributed by atoms with Crippen molar-refractivity contribution in [3.05, 3.63) is 17.3 Å². The SMILES string of the molecule is COc1cc(C(F)F)c(C)nc1S(=O)(=O)Cl. The quantitative estimate of drug-likeness (QED) is 0.792. The minimum absolute atomic E-state index is 0.102. The van der Waals surface area contributed by atoms with E-state index in [-0.39, 0.29) is 17.0 Å². The van der Waals surface area contributed by atoms with Crippen LogP contribution in [0.3, 0.4) is 0 Å². The molecule has 0 unspecified atom stereocenters. The molecule has 1 aromatic heterocycles. The normalized spacial score (nSPS) is 11.9. The second kappa shape index (κ2) is 4.50. The van der Waals surface area contributed by atoms with Gasteiger partial charge in [-0.15, -0.1) is 0 Å². The van der Waals surface area contributed by atoms with E-state index in [1.165, 1.54) is 6.92 Å². The zero-order chi connectivity index (χ0) is 12.5. The minimum Gasteiger partial charge on any atom is -0.494 e. The Labute approximate surface area is 95.6 Å². The third kappa shape index (κ3) is 2.59. The van der Waals surface area contributed by atoms with Gasteiger partial charge in [0.2, 0.25) is 5.03 Å². The zero-order valence-electron chi connectivity index (χ0n) is 8.37. The highest BCUT2D eigenvalue weighted by molar-refractivity contribution is 8.13. The summed E-state index contributed by atoms with van der Waals surface area (Å²) in [6, 6.07) is 0.919. The monoisotopic (exact) mass is 271 g/mol. The Hall–Kier alpha value is -0.950. The lowest BCUT2D eigenvalue weighted by Crippen LogP contribution is -2.04. The first-order valence-electron chi connectivity index (χ1n) is 4.05. The molecule has 0 aliphatic rings. The number of aryl methyl sites for hydroxylation is 1. The van der Waals surface area contributed by atoms with E-state index < -0.39 is 20.5 Å². The largest absolute Gasteiger partial charge is 0.494 e. The molecule has 0 spiro atoms. The molecular weight excluding hydrogens is 264 g/mol. The van der Waals surface area contributed by atoms with Crippen molar-refractivity contribution in [1.29, 1.82) is 0 Å². The van der Waals surface area contributed by atoms with Crippen LogP contribution in [-0.4, -0.2) is 20.5 Å². The first-order chi connectivity index (χ1) is 7.27. The Morgan fingerprint density at radius 1 is 1.50 bits per heavy atom.